The van der Waals surface area contributed by atoms with Crippen molar-refractivity contribution in [1.82, 2.24) is 5.32 Å². The van der Waals surface area contributed by atoms with Gasteiger partial charge in [-0.2, -0.15) is 0 Å². The summed E-state index contributed by atoms with van der Waals surface area (Å²) in [4.78, 5) is 12.9. The SMILES string of the molecule is O=C(NC1CC2CCC1O2)c1sccc1C#CCO. The summed E-state index contributed by atoms with van der Waals surface area (Å²) >= 11 is 1.37. The van der Waals surface area contributed by atoms with Crippen molar-refractivity contribution in [3.63, 3.8) is 0 Å². The van der Waals surface area contributed by atoms with Crippen LogP contribution in [0.4, 0.5) is 0 Å². The van der Waals surface area contributed by atoms with Crippen LogP contribution in [-0.4, -0.2) is 35.9 Å². The summed E-state index contributed by atoms with van der Waals surface area (Å²) in [6.45, 7) is -0.197. The number of carbonyl (C=O) groups excluding carboxylic acids is 1. The van der Waals surface area contributed by atoms with Gasteiger partial charge in [-0.1, -0.05) is 11.8 Å². The maximum absolute atomic E-state index is 12.2. The summed E-state index contributed by atoms with van der Waals surface area (Å²) in [6, 6.07) is 1.94. The van der Waals surface area contributed by atoms with Gasteiger partial charge in [-0.25, -0.2) is 0 Å². The maximum atomic E-state index is 12.2. The molecule has 100 valence electrons. The number of thiophene rings is 1. The fraction of sp³-hybridized carbons (Fsp3) is 0.500. The molecule has 2 fully saturated rings. The Labute approximate surface area is 115 Å². The largest absolute Gasteiger partial charge is 0.384 e. The zero-order valence-electron chi connectivity index (χ0n) is 10.4. The lowest BCUT2D eigenvalue weighted by molar-refractivity contribution is 0.0843. The zero-order valence-corrected chi connectivity index (χ0v) is 11.2. The molecule has 0 spiro atoms. The molecule has 4 nitrogen and oxygen atoms in total. The van der Waals surface area contributed by atoms with E-state index in [4.69, 9.17) is 9.84 Å². The second kappa shape index (κ2) is 5.33. The van der Waals surface area contributed by atoms with Crippen molar-refractivity contribution >= 4 is 17.2 Å². The first kappa shape index (κ1) is 12.7. The van der Waals surface area contributed by atoms with Crippen LogP contribution >= 0.6 is 11.3 Å². The molecule has 0 saturated carbocycles. The van der Waals surface area contributed by atoms with Gasteiger partial charge in [0.05, 0.1) is 18.2 Å². The van der Waals surface area contributed by atoms with E-state index < -0.39 is 0 Å². The first-order chi connectivity index (χ1) is 9.28. The van der Waals surface area contributed by atoms with Gasteiger partial charge in [-0.3, -0.25) is 4.79 Å². The zero-order chi connectivity index (χ0) is 13.2. The van der Waals surface area contributed by atoms with E-state index in [1.165, 1.54) is 11.3 Å². The van der Waals surface area contributed by atoms with Crippen LogP contribution in [0.1, 0.15) is 34.5 Å². The summed E-state index contributed by atoms with van der Waals surface area (Å²) in [5.41, 5.74) is 0.681. The lowest BCUT2D eigenvalue weighted by Gasteiger charge is -2.19. The summed E-state index contributed by atoms with van der Waals surface area (Å²) in [5.74, 6) is 5.29. The van der Waals surface area contributed by atoms with E-state index in [9.17, 15) is 4.79 Å². The Hall–Kier alpha value is -1.35. The van der Waals surface area contributed by atoms with E-state index in [1.807, 2.05) is 5.38 Å². The van der Waals surface area contributed by atoms with Crippen LogP contribution in [0.3, 0.4) is 0 Å². The number of hydrogen-bond donors (Lipinski definition) is 2. The monoisotopic (exact) mass is 277 g/mol. The van der Waals surface area contributed by atoms with Gasteiger partial charge in [0.25, 0.3) is 5.91 Å². The molecule has 3 rings (SSSR count). The Balaban J connectivity index is 1.69. The number of aliphatic hydroxyl groups is 1. The standard InChI is InChI=1S/C14H15NO3S/c16-6-1-2-9-5-7-19-13(9)14(17)15-11-8-10-3-4-12(11)18-10/h5,7,10-12,16H,3-4,6,8H2,(H,15,17). The minimum atomic E-state index is -0.197. The minimum absolute atomic E-state index is 0.0848. The number of ether oxygens (including phenoxy) is 1. The molecular formula is C14H15NO3S. The molecule has 3 atom stereocenters. The normalized spacial score (nSPS) is 27.9. The van der Waals surface area contributed by atoms with Crippen LogP contribution in [0.15, 0.2) is 11.4 Å². The van der Waals surface area contributed by atoms with E-state index in [-0.39, 0.29) is 24.7 Å². The number of hydrogen-bond acceptors (Lipinski definition) is 4. The third-order valence-electron chi connectivity index (χ3n) is 3.60. The molecular weight excluding hydrogens is 262 g/mol. The highest BCUT2D eigenvalue weighted by molar-refractivity contribution is 7.12. The fourth-order valence-electron chi connectivity index (χ4n) is 2.74. The molecule has 0 aliphatic carbocycles. The predicted octanol–water partition coefficient (Wildman–Crippen LogP) is 1.14. The highest BCUT2D eigenvalue weighted by Crippen LogP contribution is 2.34. The van der Waals surface area contributed by atoms with Crippen LogP contribution in [0, 0.1) is 11.8 Å². The molecule has 2 aliphatic rings. The third-order valence-corrected chi connectivity index (χ3v) is 4.51. The second-order valence-electron chi connectivity index (χ2n) is 4.81. The van der Waals surface area contributed by atoms with Gasteiger partial charge in [0.2, 0.25) is 0 Å². The summed E-state index contributed by atoms with van der Waals surface area (Å²) in [6.07, 6.45) is 3.58. The lowest BCUT2D eigenvalue weighted by atomic mass is 9.95. The van der Waals surface area contributed by atoms with Gasteiger partial charge in [0, 0.05) is 5.56 Å². The number of aliphatic hydroxyl groups excluding tert-OH is 1. The van der Waals surface area contributed by atoms with Crippen molar-refractivity contribution in [3.8, 4) is 11.8 Å². The van der Waals surface area contributed by atoms with Crippen molar-refractivity contribution in [1.29, 1.82) is 0 Å². The molecule has 5 heteroatoms. The lowest BCUT2D eigenvalue weighted by Crippen LogP contribution is -2.41. The van der Waals surface area contributed by atoms with Gasteiger partial charge < -0.3 is 15.2 Å². The highest BCUT2D eigenvalue weighted by Gasteiger charge is 2.41. The summed E-state index contributed by atoms with van der Waals surface area (Å²) < 4.78 is 5.73. The Morgan fingerprint density at radius 1 is 1.58 bits per heavy atom. The predicted molar refractivity (Wildman–Crippen MR) is 72.0 cm³/mol. The van der Waals surface area contributed by atoms with E-state index in [1.54, 1.807) is 6.07 Å². The number of fused-ring (bicyclic) bond motifs is 2. The molecule has 2 bridgehead atoms. The highest BCUT2D eigenvalue weighted by atomic mass is 32.1. The molecule has 0 radical (unpaired) electrons. The molecule has 1 aromatic heterocycles. The smallest absolute Gasteiger partial charge is 0.262 e. The van der Waals surface area contributed by atoms with Crippen molar-refractivity contribution in [2.45, 2.75) is 37.5 Å². The van der Waals surface area contributed by atoms with E-state index in [2.05, 4.69) is 17.2 Å². The second-order valence-corrected chi connectivity index (χ2v) is 5.73. The molecule has 2 aliphatic heterocycles. The average molecular weight is 277 g/mol. The Morgan fingerprint density at radius 2 is 2.47 bits per heavy atom. The van der Waals surface area contributed by atoms with Crippen molar-refractivity contribution in [3.05, 3.63) is 21.9 Å². The molecule has 0 aromatic carbocycles. The quantitative estimate of drug-likeness (QED) is 0.797. The molecule has 2 N–H and O–H groups in total. The molecule has 1 amide bonds. The van der Waals surface area contributed by atoms with Crippen molar-refractivity contribution < 1.29 is 14.6 Å². The Kier molecular flexibility index (Phi) is 3.56. The maximum Gasteiger partial charge on any atom is 0.262 e. The van der Waals surface area contributed by atoms with E-state index in [0.717, 1.165) is 19.3 Å². The van der Waals surface area contributed by atoms with Crippen LogP contribution in [-0.2, 0) is 4.74 Å². The van der Waals surface area contributed by atoms with Gasteiger partial charge >= 0.3 is 0 Å². The van der Waals surface area contributed by atoms with Crippen LogP contribution in [0.25, 0.3) is 0 Å². The Morgan fingerprint density at radius 3 is 3.16 bits per heavy atom. The number of carbonyl (C=O) groups is 1. The topological polar surface area (TPSA) is 58.6 Å². The summed E-state index contributed by atoms with van der Waals surface area (Å²) in [7, 11) is 0. The van der Waals surface area contributed by atoms with Crippen molar-refractivity contribution in [2.24, 2.45) is 0 Å². The minimum Gasteiger partial charge on any atom is -0.384 e. The summed E-state index contributed by atoms with van der Waals surface area (Å²) in [5, 5.41) is 13.6. The third kappa shape index (κ3) is 2.52. The van der Waals surface area contributed by atoms with Crippen LogP contribution in [0.2, 0.25) is 0 Å². The van der Waals surface area contributed by atoms with Gasteiger partial charge in [0.15, 0.2) is 0 Å². The molecule has 1 aromatic rings. The first-order valence-corrected chi connectivity index (χ1v) is 7.29. The van der Waals surface area contributed by atoms with Gasteiger partial charge in [-0.15, -0.1) is 11.3 Å². The van der Waals surface area contributed by atoms with Gasteiger partial charge in [0.1, 0.15) is 11.5 Å². The van der Waals surface area contributed by atoms with Crippen molar-refractivity contribution in [2.75, 3.05) is 6.61 Å². The fourth-order valence-corrected chi connectivity index (χ4v) is 3.49. The average Bonchev–Trinajstić information content (AvgIpc) is 3.11. The first-order valence-electron chi connectivity index (χ1n) is 6.41. The number of amides is 1. The molecule has 3 heterocycles. The van der Waals surface area contributed by atoms with Gasteiger partial charge in [-0.05, 0) is 30.7 Å². The Bertz CT molecular complexity index is 542. The van der Waals surface area contributed by atoms with Crippen LogP contribution < -0.4 is 5.32 Å². The number of nitrogens with one attached hydrogen (secondary N) is 1. The van der Waals surface area contributed by atoms with Crippen LogP contribution in [0.5, 0.6) is 0 Å². The number of rotatable bonds is 2. The van der Waals surface area contributed by atoms with E-state index in [0.29, 0.717) is 16.5 Å². The van der Waals surface area contributed by atoms with E-state index >= 15 is 0 Å². The molecule has 19 heavy (non-hydrogen) atoms. The molecule has 3 unspecified atom stereocenters. The molecule has 2 saturated heterocycles.